The molecule has 1 saturated heterocycles. The van der Waals surface area contributed by atoms with Crippen LogP contribution in [0.15, 0.2) is 30.3 Å². The first-order valence-corrected chi connectivity index (χ1v) is 7.12. The molecular formula is C15H25N3. The van der Waals surface area contributed by atoms with Gasteiger partial charge in [-0.2, -0.15) is 0 Å². The molecule has 0 radical (unpaired) electrons. The number of unbranched alkanes of at least 4 members (excludes halogenated alkanes) is 2. The molecular weight excluding hydrogens is 222 g/mol. The van der Waals surface area contributed by atoms with Gasteiger partial charge >= 0.3 is 0 Å². The predicted molar refractivity (Wildman–Crippen MR) is 78.0 cm³/mol. The third-order valence-electron chi connectivity index (χ3n) is 3.67. The molecule has 0 amide bonds. The fourth-order valence-corrected chi connectivity index (χ4v) is 2.53. The molecule has 1 fully saturated rings. The first-order valence-electron chi connectivity index (χ1n) is 7.12. The van der Waals surface area contributed by atoms with Crippen LogP contribution in [0.3, 0.4) is 0 Å². The summed E-state index contributed by atoms with van der Waals surface area (Å²) in [7, 11) is 0. The van der Waals surface area contributed by atoms with E-state index in [1.165, 1.54) is 44.6 Å². The van der Waals surface area contributed by atoms with E-state index >= 15 is 0 Å². The molecule has 0 saturated carbocycles. The van der Waals surface area contributed by atoms with Gasteiger partial charge < -0.3 is 10.6 Å². The minimum Gasteiger partial charge on any atom is -0.369 e. The lowest BCUT2D eigenvalue weighted by Crippen LogP contribution is -2.46. The fourth-order valence-electron chi connectivity index (χ4n) is 2.53. The maximum Gasteiger partial charge on any atom is 0.0367 e. The second-order valence-electron chi connectivity index (χ2n) is 5.01. The Balaban J connectivity index is 1.68. The maximum atomic E-state index is 5.51. The Bertz CT molecular complexity index is 318. The molecule has 0 aliphatic carbocycles. The van der Waals surface area contributed by atoms with Crippen LogP contribution in [-0.2, 0) is 0 Å². The van der Waals surface area contributed by atoms with E-state index in [9.17, 15) is 0 Å². The summed E-state index contributed by atoms with van der Waals surface area (Å²) in [5.41, 5.74) is 6.87. The highest BCUT2D eigenvalue weighted by molar-refractivity contribution is 5.46. The second-order valence-corrected chi connectivity index (χ2v) is 5.01. The van der Waals surface area contributed by atoms with Gasteiger partial charge in [0.05, 0.1) is 0 Å². The fraction of sp³-hybridized carbons (Fsp3) is 0.600. The van der Waals surface area contributed by atoms with E-state index in [1.54, 1.807) is 0 Å². The highest BCUT2D eigenvalue weighted by atomic mass is 15.3. The summed E-state index contributed by atoms with van der Waals surface area (Å²) >= 11 is 0. The number of hydrogen-bond donors (Lipinski definition) is 1. The van der Waals surface area contributed by atoms with Gasteiger partial charge in [0.25, 0.3) is 0 Å². The molecule has 1 aromatic carbocycles. The summed E-state index contributed by atoms with van der Waals surface area (Å²) in [6, 6.07) is 10.7. The molecule has 2 N–H and O–H groups in total. The van der Waals surface area contributed by atoms with Crippen LogP contribution in [0.4, 0.5) is 5.69 Å². The lowest BCUT2D eigenvalue weighted by Gasteiger charge is -2.36. The van der Waals surface area contributed by atoms with E-state index in [0.717, 1.165) is 19.6 Å². The summed E-state index contributed by atoms with van der Waals surface area (Å²) in [5.74, 6) is 0. The zero-order valence-electron chi connectivity index (χ0n) is 11.2. The Morgan fingerprint density at radius 1 is 0.889 bits per heavy atom. The monoisotopic (exact) mass is 247 g/mol. The molecule has 0 atom stereocenters. The van der Waals surface area contributed by atoms with Crippen LogP contribution in [0.5, 0.6) is 0 Å². The minimum atomic E-state index is 0.835. The van der Waals surface area contributed by atoms with Gasteiger partial charge in [-0.1, -0.05) is 24.6 Å². The average Bonchev–Trinajstić information content (AvgIpc) is 2.45. The third kappa shape index (κ3) is 4.00. The van der Waals surface area contributed by atoms with Crippen LogP contribution >= 0.6 is 0 Å². The molecule has 1 aliphatic rings. The largest absolute Gasteiger partial charge is 0.369 e. The molecule has 0 bridgehead atoms. The van der Waals surface area contributed by atoms with Crippen molar-refractivity contribution in [3.05, 3.63) is 30.3 Å². The van der Waals surface area contributed by atoms with E-state index in [0.29, 0.717) is 0 Å². The van der Waals surface area contributed by atoms with Crippen molar-refractivity contribution in [2.75, 3.05) is 44.2 Å². The van der Waals surface area contributed by atoms with Gasteiger partial charge in [-0.3, -0.25) is 4.90 Å². The maximum absolute atomic E-state index is 5.51. The van der Waals surface area contributed by atoms with Crippen LogP contribution in [0.1, 0.15) is 19.3 Å². The smallest absolute Gasteiger partial charge is 0.0367 e. The Morgan fingerprint density at radius 2 is 1.61 bits per heavy atom. The first-order chi connectivity index (χ1) is 8.90. The highest BCUT2D eigenvalue weighted by Crippen LogP contribution is 2.15. The van der Waals surface area contributed by atoms with Crippen LogP contribution in [-0.4, -0.2) is 44.2 Å². The molecule has 0 aromatic heterocycles. The van der Waals surface area contributed by atoms with E-state index in [-0.39, 0.29) is 0 Å². The van der Waals surface area contributed by atoms with Crippen molar-refractivity contribution in [1.29, 1.82) is 0 Å². The van der Waals surface area contributed by atoms with Crippen LogP contribution in [0, 0.1) is 0 Å². The number of nitrogens with zero attached hydrogens (tertiary/aromatic N) is 2. The molecule has 2 rings (SSSR count). The summed E-state index contributed by atoms with van der Waals surface area (Å²) in [6.07, 6.45) is 3.74. The Labute approximate surface area is 111 Å². The summed E-state index contributed by atoms with van der Waals surface area (Å²) in [4.78, 5) is 5.06. The molecule has 100 valence electrons. The van der Waals surface area contributed by atoms with Crippen LogP contribution < -0.4 is 10.6 Å². The Hall–Kier alpha value is -1.06. The van der Waals surface area contributed by atoms with Crippen LogP contribution in [0.2, 0.25) is 0 Å². The predicted octanol–water partition coefficient (Wildman–Crippen LogP) is 1.94. The summed E-state index contributed by atoms with van der Waals surface area (Å²) in [6.45, 7) is 6.77. The standard InChI is InChI=1S/C15H25N3/c16-9-5-2-6-10-17-11-13-18(14-12-17)15-7-3-1-4-8-15/h1,3-4,7-8H,2,5-6,9-14,16H2. The van der Waals surface area contributed by atoms with Crippen molar-refractivity contribution in [2.45, 2.75) is 19.3 Å². The van der Waals surface area contributed by atoms with Crippen molar-refractivity contribution in [3.63, 3.8) is 0 Å². The quantitative estimate of drug-likeness (QED) is 0.780. The van der Waals surface area contributed by atoms with Gasteiger partial charge in [0.2, 0.25) is 0 Å². The summed E-state index contributed by atoms with van der Waals surface area (Å²) in [5, 5.41) is 0. The normalized spacial score (nSPS) is 17.1. The van der Waals surface area contributed by atoms with Gasteiger partial charge in [-0.05, 0) is 38.1 Å². The number of rotatable bonds is 6. The van der Waals surface area contributed by atoms with Crippen molar-refractivity contribution < 1.29 is 0 Å². The summed E-state index contributed by atoms with van der Waals surface area (Å²) < 4.78 is 0. The zero-order valence-corrected chi connectivity index (χ0v) is 11.2. The van der Waals surface area contributed by atoms with Gasteiger partial charge in [0, 0.05) is 31.9 Å². The number of anilines is 1. The number of benzene rings is 1. The van der Waals surface area contributed by atoms with E-state index in [4.69, 9.17) is 5.73 Å². The van der Waals surface area contributed by atoms with E-state index in [1.807, 2.05) is 0 Å². The highest BCUT2D eigenvalue weighted by Gasteiger charge is 2.16. The average molecular weight is 247 g/mol. The van der Waals surface area contributed by atoms with Gasteiger partial charge in [0.1, 0.15) is 0 Å². The van der Waals surface area contributed by atoms with Gasteiger partial charge in [0.15, 0.2) is 0 Å². The van der Waals surface area contributed by atoms with Crippen molar-refractivity contribution >= 4 is 5.69 Å². The SMILES string of the molecule is NCCCCCN1CCN(c2ccccc2)CC1. The number of para-hydroxylation sites is 1. The number of nitrogens with two attached hydrogens (primary N) is 1. The molecule has 18 heavy (non-hydrogen) atoms. The lowest BCUT2D eigenvalue weighted by molar-refractivity contribution is 0.252. The molecule has 1 aliphatic heterocycles. The third-order valence-corrected chi connectivity index (χ3v) is 3.67. The Kier molecular flexibility index (Phi) is 5.49. The lowest BCUT2D eigenvalue weighted by atomic mass is 10.2. The van der Waals surface area contributed by atoms with Gasteiger partial charge in [-0.25, -0.2) is 0 Å². The molecule has 3 nitrogen and oxygen atoms in total. The number of hydrogen-bond acceptors (Lipinski definition) is 3. The van der Waals surface area contributed by atoms with Crippen molar-refractivity contribution in [1.82, 2.24) is 4.90 Å². The minimum absolute atomic E-state index is 0.835. The zero-order chi connectivity index (χ0) is 12.6. The Morgan fingerprint density at radius 3 is 2.28 bits per heavy atom. The molecule has 0 spiro atoms. The topological polar surface area (TPSA) is 32.5 Å². The number of piperazine rings is 1. The van der Waals surface area contributed by atoms with Crippen molar-refractivity contribution in [2.24, 2.45) is 5.73 Å². The molecule has 1 aromatic rings. The molecule has 1 heterocycles. The molecule has 0 unspecified atom stereocenters. The van der Waals surface area contributed by atoms with Crippen molar-refractivity contribution in [3.8, 4) is 0 Å². The molecule has 3 heteroatoms. The van der Waals surface area contributed by atoms with Crippen LogP contribution in [0.25, 0.3) is 0 Å². The van der Waals surface area contributed by atoms with E-state index < -0.39 is 0 Å². The second kappa shape index (κ2) is 7.39. The first kappa shape index (κ1) is 13.4. The van der Waals surface area contributed by atoms with Gasteiger partial charge in [-0.15, -0.1) is 0 Å². The van der Waals surface area contributed by atoms with E-state index in [2.05, 4.69) is 40.1 Å².